The Balaban J connectivity index is 1.84. The van der Waals surface area contributed by atoms with Gasteiger partial charge in [0.2, 0.25) is 0 Å². The van der Waals surface area contributed by atoms with Crippen LogP contribution in [0.5, 0.6) is 0 Å². The summed E-state index contributed by atoms with van der Waals surface area (Å²) in [6, 6.07) is 5.94. The van der Waals surface area contributed by atoms with Crippen molar-refractivity contribution in [2.24, 2.45) is 0 Å². The Morgan fingerprint density at radius 3 is 3.24 bits per heavy atom. The molecule has 1 unspecified atom stereocenters. The highest BCUT2D eigenvalue weighted by atomic mass is 32.2. The van der Waals surface area contributed by atoms with Crippen molar-refractivity contribution < 1.29 is 9.53 Å². The Morgan fingerprint density at radius 2 is 2.48 bits per heavy atom. The number of nitrogens with zero attached hydrogens (tertiary/aromatic N) is 2. The molecule has 1 aliphatic rings. The molecule has 1 amide bonds. The Hall–Kier alpha value is -1.53. The maximum atomic E-state index is 12.8. The van der Waals surface area contributed by atoms with Crippen LogP contribution in [0, 0.1) is 0 Å². The van der Waals surface area contributed by atoms with Crippen LogP contribution in [-0.2, 0) is 4.74 Å². The minimum atomic E-state index is 0.0797. The maximum absolute atomic E-state index is 12.8. The quantitative estimate of drug-likeness (QED) is 0.919. The lowest BCUT2D eigenvalue weighted by atomic mass is 10.1. The first-order valence-corrected chi connectivity index (χ1v) is 8.26. The summed E-state index contributed by atoms with van der Waals surface area (Å²) in [4.78, 5) is 22.0. The minimum absolute atomic E-state index is 0.0797. The monoisotopic (exact) mass is 305 g/mol. The number of hydrogen-bond donors (Lipinski definition) is 1. The van der Waals surface area contributed by atoms with Crippen LogP contribution in [0.1, 0.15) is 16.8 Å². The van der Waals surface area contributed by atoms with E-state index < -0.39 is 0 Å². The second kappa shape index (κ2) is 6.49. The lowest BCUT2D eigenvalue weighted by Gasteiger charge is -2.28. The molecule has 3 rings (SSSR count). The molecule has 112 valence electrons. The predicted octanol–water partition coefficient (Wildman–Crippen LogP) is 2.16. The Morgan fingerprint density at radius 1 is 1.57 bits per heavy atom. The molecule has 1 fully saturated rings. The highest BCUT2D eigenvalue weighted by Crippen LogP contribution is 2.24. The van der Waals surface area contributed by atoms with Gasteiger partial charge in [-0.2, -0.15) is 11.8 Å². The van der Waals surface area contributed by atoms with E-state index in [4.69, 9.17) is 4.74 Å². The number of aromatic amines is 1. The molecule has 1 aromatic heterocycles. The average molecular weight is 305 g/mol. The second-order valence-corrected chi connectivity index (χ2v) is 6.29. The van der Waals surface area contributed by atoms with Gasteiger partial charge < -0.3 is 14.6 Å². The number of thioether (sulfide) groups is 1. The van der Waals surface area contributed by atoms with Crippen LogP contribution in [0.4, 0.5) is 0 Å². The lowest BCUT2D eigenvalue weighted by Crippen LogP contribution is -2.42. The number of hydrogen-bond acceptors (Lipinski definition) is 4. The Kier molecular flexibility index (Phi) is 4.45. The van der Waals surface area contributed by atoms with Crippen molar-refractivity contribution in [1.82, 2.24) is 14.9 Å². The van der Waals surface area contributed by atoms with Crippen LogP contribution in [-0.4, -0.2) is 58.6 Å². The number of amides is 1. The average Bonchev–Trinajstić information content (AvgIpc) is 3.18. The Bertz CT molecular complexity index is 622. The minimum Gasteiger partial charge on any atom is -0.383 e. The van der Waals surface area contributed by atoms with Gasteiger partial charge in [0.1, 0.15) is 0 Å². The largest absolute Gasteiger partial charge is 0.383 e. The first-order valence-electron chi connectivity index (χ1n) is 7.10. The summed E-state index contributed by atoms with van der Waals surface area (Å²) in [5.41, 5.74) is 2.49. The van der Waals surface area contributed by atoms with Crippen molar-refractivity contribution in [1.29, 1.82) is 0 Å². The molecule has 1 saturated heterocycles. The summed E-state index contributed by atoms with van der Waals surface area (Å²) >= 11 is 1.91. The number of H-pyrrole nitrogens is 1. The van der Waals surface area contributed by atoms with Crippen LogP contribution >= 0.6 is 11.8 Å². The molecule has 0 radical (unpaired) electrons. The van der Waals surface area contributed by atoms with Crippen molar-refractivity contribution in [3.05, 3.63) is 30.1 Å². The van der Waals surface area contributed by atoms with Gasteiger partial charge in [0, 0.05) is 31.0 Å². The van der Waals surface area contributed by atoms with E-state index in [2.05, 4.69) is 9.97 Å². The summed E-state index contributed by atoms with van der Waals surface area (Å²) < 4.78 is 5.16. The first-order chi connectivity index (χ1) is 10.3. The van der Waals surface area contributed by atoms with Gasteiger partial charge in [-0.25, -0.2) is 4.98 Å². The van der Waals surface area contributed by atoms with Crippen molar-refractivity contribution >= 4 is 28.7 Å². The number of benzene rings is 1. The zero-order valence-electron chi connectivity index (χ0n) is 12.0. The molecule has 2 aromatic rings. The van der Waals surface area contributed by atoms with Crippen LogP contribution in [0.25, 0.3) is 11.0 Å². The molecular formula is C15H19N3O2S. The smallest absolute Gasteiger partial charge is 0.254 e. The SMILES string of the molecule is COCCN(C(=O)c1ccc2nc[nH]c2c1)C1CCSC1. The third kappa shape index (κ3) is 3.06. The molecule has 1 aliphatic heterocycles. The molecule has 2 heterocycles. The number of imidazole rings is 1. The number of ether oxygens (including phenoxy) is 1. The third-order valence-electron chi connectivity index (χ3n) is 3.81. The molecule has 1 N–H and O–H groups in total. The molecule has 1 aromatic carbocycles. The highest BCUT2D eigenvalue weighted by molar-refractivity contribution is 7.99. The molecule has 1 atom stereocenters. The summed E-state index contributed by atoms with van der Waals surface area (Å²) in [7, 11) is 1.67. The molecule has 0 saturated carbocycles. The van der Waals surface area contributed by atoms with Crippen molar-refractivity contribution in [2.45, 2.75) is 12.5 Å². The molecule has 5 nitrogen and oxygen atoms in total. The number of rotatable bonds is 5. The van der Waals surface area contributed by atoms with Crippen molar-refractivity contribution in [2.75, 3.05) is 31.8 Å². The van der Waals surface area contributed by atoms with E-state index in [0.29, 0.717) is 24.8 Å². The van der Waals surface area contributed by atoms with Crippen LogP contribution in [0.15, 0.2) is 24.5 Å². The highest BCUT2D eigenvalue weighted by Gasteiger charge is 2.27. The molecule has 0 aliphatic carbocycles. The van der Waals surface area contributed by atoms with Gasteiger partial charge in [-0.3, -0.25) is 4.79 Å². The maximum Gasteiger partial charge on any atom is 0.254 e. The second-order valence-electron chi connectivity index (χ2n) is 5.14. The van der Waals surface area contributed by atoms with Crippen LogP contribution < -0.4 is 0 Å². The molecule has 6 heteroatoms. The predicted molar refractivity (Wildman–Crippen MR) is 84.7 cm³/mol. The number of nitrogens with one attached hydrogen (secondary N) is 1. The number of carbonyl (C=O) groups excluding carboxylic acids is 1. The van der Waals surface area contributed by atoms with Crippen molar-refractivity contribution in [3.63, 3.8) is 0 Å². The van der Waals surface area contributed by atoms with Crippen molar-refractivity contribution in [3.8, 4) is 0 Å². The summed E-state index contributed by atoms with van der Waals surface area (Å²) in [5, 5.41) is 0. The van der Waals surface area contributed by atoms with E-state index in [9.17, 15) is 4.79 Å². The summed E-state index contributed by atoms with van der Waals surface area (Å²) in [6.45, 7) is 1.21. The van der Waals surface area contributed by atoms with Crippen LogP contribution in [0.2, 0.25) is 0 Å². The van der Waals surface area contributed by atoms with Gasteiger partial charge in [0.25, 0.3) is 5.91 Å². The zero-order chi connectivity index (χ0) is 14.7. The van der Waals surface area contributed by atoms with E-state index >= 15 is 0 Å². The van der Waals surface area contributed by atoms with E-state index in [0.717, 1.165) is 29.0 Å². The van der Waals surface area contributed by atoms with Gasteiger partial charge in [-0.05, 0) is 30.4 Å². The van der Waals surface area contributed by atoms with E-state index in [-0.39, 0.29) is 5.91 Å². The summed E-state index contributed by atoms with van der Waals surface area (Å²) in [6.07, 6.45) is 2.71. The summed E-state index contributed by atoms with van der Waals surface area (Å²) in [5.74, 6) is 2.22. The third-order valence-corrected chi connectivity index (χ3v) is 4.96. The Labute approximate surface area is 128 Å². The van der Waals surface area contributed by atoms with Gasteiger partial charge in [0.15, 0.2) is 0 Å². The van der Waals surface area contributed by atoms with E-state index in [1.165, 1.54) is 0 Å². The topological polar surface area (TPSA) is 58.2 Å². The molecule has 0 bridgehead atoms. The number of aromatic nitrogens is 2. The fraction of sp³-hybridized carbons (Fsp3) is 0.467. The lowest BCUT2D eigenvalue weighted by molar-refractivity contribution is 0.0625. The first kappa shape index (κ1) is 14.4. The standard InChI is InChI=1S/C15H19N3O2S/c1-20-6-5-18(12-4-7-21-9-12)15(19)11-2-3-13-14(8-11)17-10-16-13/h2-3,8,10,12H,4-7,9H2,1H3,(H,16,17). The fourth-order valence-corrected chi connectivity index (χ4v) is 3.87. The number of fused-ring (bicyclic) bond motifs is 1. The normalized spacial score (nSPS) is 18.2. The number of carbonyl (C=O) groups is 1. The number of methoxy groups -OCH3 is 1. The van der Waals surface area contributed by atoms with E-state index in [1.54, 1.807) is 13.4 Å². The molecular weight excluding hydrogens is 286 g/mol. The molecule has 0 spiro atoms. The van der Waals surface area contributed by atoms with Gasteiger partial charge >= 0.3 is 0 Å². The molecule has 21 heavy (non-hydrogen) atoms. The van der Waals surface area contributed by atoms with E-state index in [1.807, 2.05) is 34.9 Å². The van der Waals surface area contributed by atoms with Gasteiger partial charge in [-0.15, -0.1) is 0 Å². The van der Waals surface area contributed by atoms with Crippen LogP contribution in [0.3, 0.4) is 0 Å². The zero-order valence-corrected chi connectivity index (χ0v) is 12.9. The fourth-order valence-electron chi connectivity index (χ4n) is 2.64. The van der Waals surface area contributed by atoms with Gasteiger partial charge in [0.05, 0.1) is 24.0 Å². The van der Waals surface area contributed by atoms with Gasteiger partial charge in [-0.1, -0.05) is 0 Å².